The van der Waals surface area contributed by atoms with Crippen molar-refractivity contribution in [2.24, 2.45) is 0 Å². The van der Waals surface area contributed by atoms with Gasteiger partial charge in [-0.1, -0.05) is 42.0 Å². The van der Waals surface area contributed by atoms with E-state index in [0.29, 0.717) is 11.6 Å². The van der Waals surface area contributed by atoms with E-state index in [2.05, 4.69) is 62.4 Å². The summed E-state index contributed by atoms with van der Waals surface area (Å²) in [4.78, 5) is 7.25. The number of halogens is 1. The van der Waals surface area contributed by atoms with Crippen LogP contribution in [0, 0.1) is 6.92 Å². The summed E-state index contributed by atoms with van der Waals surface area (Å²) >= 11 is 3.55. The SMILES string of the molecule is Cc1cccc(CN2CCC(Nc3cc(-c4ccccc4O)nc4c(Br)cnn34)CC2)c1. The van der Waals surface area contributed by atoms with Gasteiger partial charge in [-0.05, 0) is 53.4 Å². The molecule has 0 spiro atoms. The molecule has 164 valence electrons. The lowest BCUT2D eigenvalue weighted by Crippen LogP contribution is -2.39. The summed E-state index contributed by atoms with van der Waals surface area (Å²) in [6.45, 7) is 5.24. The Morgan fingerprint density at radius 1 is 1.09 bits per heavy atom. The second-order valence-corrected chi connectivity index (χ2v) is 9.31. The van der Waals surface area contributed by atoms with Crippen molar-refractivity contribution in [1.82, 2.24) is 19.5 Å². The van der Waals surface area contributed by atoms with E-state index in [9.17, 15) is 5.11 Å². The number of anilines is 1. The fourth-order valence-corrected chi connectivity index (χ4v) is 4.73. The molecule has 0 bridgehead atoms. The molecule has 0 unspecified atom stereocenters. The van der Waals surface area contributed by atoms with E-state index in [1.165, 1.54) is 11.1 Å². The number of aromatic hydroxyl groups is 1. The highest BCUT2D eigenvalue weighted by Gasteiger charge is 2.21. The Hall–Kier alpha value is -2.90. The molecule has 1 aliphatic heterocycles. The molecule has 5 rings (SSSR count). The summed E-state index contributed by atoms with van der Waals surface area (Å²) in [5.41, 5.74) is 4.84. The molecular formula is C25H26BrN5O. The van der Waals surface area contributed by atoms with Crippen LogP contribution in [0.4, 0.5) is 5.82 Å². The average molecular weight is 492 g/mol. The minimum Gasteiger partial charge on any atom is -0.507 e. The molecule has 7 heteroatoms. The molecule has 0 amide bonds. The Bertz CT molecular complexity index is 1250. The predicted octanol–water partition coefficient (Wildman–Crippen LogP) is 5.25. The number of para-hydroxylation sites is 1. The smallest absolute Gasteiger partial charge is 0.172 e. The molecule has 0 aliphatic carbocycles. The first kappa shape index (κ1) is 21.0. The molecule has 1 fully saturated rings. The molecule has 2 aromatic heterocycles. The third-order valence-electron chi connectivity index (χ3n) is 6.04. The number of likely N-dealkylation sites (tertiary alicyclic amines) is 1. The predicted molar refractivity (Wildman–Crippen MR) is 131 cm³/mol. The highest BCUT2D eigenvalue weighted by molar-refractivity contribution is 9.10. The molecule has 0 saturated carbocycles. The van der Waals surface area contributed by atoms with Crippen LogP contribution in [0.1, 0.15) is 24.0 Å². The summed E-state index contributed by atoms with van der Waals surface area (Å²) in [7, 11) is 0. The van der Waals surface area contributed by atoms with E-state index in [4.69, 9.17) is 4.98 Å². The van der Waals surface area contributed by atoms with Gasteiger partial charge in [-0.3, -0.25) is 4.90 Å². The third kappa shape index (κ3) is 4.36. The van der Waals surface area contributed by atoms with Gasteiger partial charge in [0, 0.05) is 37.3 Å². The highest BCUT2D eigenvalue weighted by atomic mass is 79.9. The highest BCUT2D eigenvalue weighted by Crippen LogP contribution is 2.31. The first-order chi connectivity index (χ1) is 15.6. The Morgan fingerprint density at radius 3 is 2.69 bits per heavy atom. The normalized spacial score (nSPS) is 15.3. The fraction of sp³-hybridized carbons (Fsp3) is 0.280. The lowest BCUT2D eigenvalue weighted by atomic mass is 10.0. The van der Waals surface area contributed by atoms with Crippen molar-refractivity contribution in [2.75, 3.05) is 18.4 Å². The van der Waals surface area contributed by atoms with Crippen LogP contribution in [0.3, 0.4) is 0 Å². The third-order valence-corrected chi connectivity index (χ3v) is 6.60. The molecule has 4 aromatic rings. The molecule has 2 N–H and O–H groups in total. The van der Waals surface area contributed by atoms with E-state index in [1.54, 1.807) is 12.3 Å². The fourth-order valence-electron chi connectivity index (χ4n) is 4.38. The van der Waals surface area contributed by atoms with Crippen molar-refractivity contribution in [3.63, 3.8) is 0 Å². The minimum atomic E-state index is 0.218. The maximum Gasteiger partial charge on any atom is 0.172 e. The van der Waals surface area contributed by atoms with Crippen LogP contribution in [0.25, 0.3) is 16.9 Å². The summed E-state index contributed by atoms with van der Waals surface area (Å²) in [6.07, 6.45) is 3.88. The first-order valence-corrected chi connectivity index (χ1v) is 11.7. The Morgan fingerprint density at radius 2 is 1.91 bits per heavy atom. The molecule has 0 atom stereocenters. The van der Waals surface area contributed by atoms with E-state index < -0.39 is 0 Å². The molecule has 1 aliphatic rings. The van der Waals surface area contributed by atoms with E-state index >= 15 is 0 Å². The maximum atomic E-state index is 10.3. The number of piperidine rings is 1. The van der Waals surface area contributed by atoms with Gasteiger partial charge in [-0.25, -0.2) is 4.98 Å². The van der Waals surface area contributed by atoms with Crippen molar-refractivity contribution in [1.29, 1.82) is 0 Å². The van der Waals surface area contributed by atoms with Gasteiger partial charge in [0.05, 0.1) is 16.4 Å². The van der Waals surface area contributed by atoms with Crippen LogP contribution in [-0.4, -0.2) is 43.7 Å². The summed E-state index contributed by atoms with van der Waals surface area (Å²) in [5, 5.41) is 18.5. The van der Waals surface area contributed by atoms with E-state index in [0.717, 1.165) is 54.1 Å². The van der Waals surface area contributed by atoms with Crippen molar-refractivity contribution in [3.8, 4) is 17.0 Å². The maximum absolute atomic E-state index is 10.3. The minimum absolute atomic E-state index is 0.218. The second kappa shape index (κ2) is 8.92. The zero-order chi connectivity index (χ0) is 22.1. The van der Waals surface area contributed by atoms with Crippen LogP contribution in [0.2, 0.25) is 0 Å². The van der Waals surface area contributed by atoms with Gasteiger partial charge in [0.15, 0.2) is 5.65 Å². The van der Waals surface area contributed by atoms with Gasteiger partial charge < -0.3 is 10.4 Å². The Labute approximate surface area is 196 Å². The zero-order valence-corrected chi connectivity index (χ0v) is 19.6. The van der Waals surface area contributed by atoms with Crippen LogP contribution < -0.4 is 5.32 Å². The van der Waals surface area contributed by atoms with Gasteiger partial charge in [0.2, 0.25) is 0 Å². The van der Waals surface area contributed by atoms with Crippen LogP contribution in [0.15, 0.2) is 65.3 Å². The van der Waals surface area contributed by atoms with Crippen LogP contribution in [0.5, 0.6) is 5.75 Å². The van der Waals surface area contributed by atoms with Gasteiger partial charge >= 0.3 is 0 Å². The quantitative estimate of drug-likeness (QED) is 0.399. The number of phenolic OH excluding ortho intramolecular Hbond substituents is 1. The lowest BCUT2D eigenvalue weighted by Gasteiger charge is -2.33. The number of aryl methyl sites for hydroxylation is 1. The second-order valence-electron chi connectivity index (χ2n) is 8.46. The summed E-state index contributed by atoms with van der Waals surface area (Å²) < 4.78 is 2.65. The topological polar surface area (TPSA) is 65.7 Å². The van der Waals surface area contributed by atoms with Gasteiger partial charge in [-0.2, -0.15) is 9.61 Å². The number of aromatic nitrogens is 3. The molecule has 1 saturated heterocycles. The van der Waals surface area contributed by atoms with Gasteiger partial charge in [0.1, 0.15) is 11.6 Å². The number of hydrogen-bond acceptors (Lipinski definition) is 5. The van der Waals surface area contributed by atoms with E-state index in [1.807, 2.05) is 28.8 Å². The number of rotatable bonds is 5. The van der Waals surface area contributed by atoms with Crippen LogP contribution in [-0.2, 0) is 6.54 Å². The Kier molecular flexibility index (Phi) is 5.85. The summed E-state index contributed by atoms with van der Waals surface area (Å²) in [5.74, 6) is 1.10. The van der Waals surface area contributed by atoms with Crippen molar-refractivity contribution < 1.29 is 5.11 Å². The number of benzene rings is 2. The van der Waals surface area contributed by atoms with Gasteiger partial charge in [0.25, 0.3) is 0 Å². The average Bonchev–Trinajstić information content (AvgIpc) is 3.16. The molecule has 6 nitrogen and oxygen atoms in total. The van der Waals surface area contributed by atoms with Gasteiger partial charge in [-0.15, -0.1) is 0 Å². The summed E-state index contributed by atoms with van der Waals surface area (Å²) in [6, 6.07) is 18.4. The molecule has 3 heterocycles. The van der Waals surface area contributed by atoms with Crippen molar-refractivity contribution >= 4 is 27.4 Å². The molecular weight excluding hydrogens is 466 g/mol. The largest absolute Gasteiger partial charge is 0.507 e. The van der Waals surface area contributed by atoms with Crippen molar-refractivity contribution in [2.45, 2.75) is 32.4 Å². The number of nitrogens with zero attached hydrogens (tertiary/aromatic N) is 4. The lowest BCUT2D eigenvalue weighted by molar-refractivity contribution is 0.211. The standard InChI is InChI=1S/C25H26BrN5O/c1-17-5-4-6-18(13-17)16-30-11-9-19(10-12-30)28-24-14-22(20-7-2-3-8-23(20)32)29-25-21(26)15-27-31(24)25/h2-8,13-15,19,28,32H,9-12,16H2,1H3. The van der Waals surface area contributed by atoms with Crippen molar-refractivity contribution in [3.05, 3.63) is 76.4 Å². The first-order valence-electron chi connectivity index (χ1n) is 10.9. The molecule has 32 heavy (non-hydrogen) atoms. The monoisotopic (exact) mass is 491 g/mol. The number of phenols is 1. The van der Waals surface area contributed by atoms with E-state index in [-0.39, 0.29) is 5.75 Å². The molecule has 0 radical (unpaired) electrons. The zero-order valence-electron chi connectivity index (χ0n) is 18.0. The number of nitrogens with one attached hydrogen (secondary N) is 1. The number of fused-ring (bicyclic) bond motifs is 1. The Balaban J connectivity index is 1.34. The number of hydrogen-bond donors (Lipinski definition) is 2. The molecule has 2 aromatic carbocycles. The van der Waals surface area contributed by atoms with Crippen LogP contribution >= 0.6 is 15.9 Å².